The van der Waals surface area contributed by atoms with Gasteiger partial charge in [-0.15, -0.1) is 0 Å². The first-order valence-electron chi connectivity index (χ1n) is 10.7. The van der Waals surface area contributed by atoms with E-state index in [1.54, 1.807) is 0 Å². The number of piperazine rings is 1. The highest BCUT2D eigenvalue weighted by Crippen LogP contribution is 2.28. The molecule has 0 atom stereocenters. The summed E-state index contributed by atoms with van der Waals surface area (Å²) in [6.45, 7) is 10.5. The van der Waals surface area contributed by atoms with E-state index in [1.807, 2.05) is 39.0 Å². The van der Waals surface area contributed by atoms with E-state index in [9.17, 15) is 14.7 Å². The molecule has 0 radical (unpaired) electrons. The molecule has 2 N–H and O–H groups in total. The molecule has 1 aromatic carbocycles. The monoisotopic (exact) mass is 418 g/mol. The van der Waals surface area contributed by atoms with E-state index in [2.05, 4.69) is 22.2 Å². The lowest BCUT2D eigenvalue weighted by Crippen LogP contribution is -2.44. The van der Waals surface area contributed by atoms with Crippen molar-refractivity contribution in [1.29, 1.82) is 0 Å². The Morgan fingerprint density at radius 1 is 1.07 bits per heavy atom. The Hall–Kier alpha value is -2.48. The third-order valence-corrected chi connectivity index (χ3v) is 5.62. The lowest BCUT2D eigenvalue weighted by molar-refractivity contribution is 0.00706. The van der Waals surface area contributed by atoms with Crippen molar-refractivity contribution < 1.29 is 19.4 Å². The van der Waals surface area contributed by atoms with Crippen LogP contribution in [0.1, 0.15) is 44.0 Å². The Morgan fingerprint density at radius 3 is 2.27 bits per heavy atom. The van der Waals surface area contributed by atoms with Gasteiger partial charge < -0.3 is 29.9 Å². The highest BCUT2D eigenvalue weighted by molar-refractivity contribution is 5.97. The zero-order chi connectivity index (χ0) is 21.9. The molecule has 8 nitrogen and oxygen atoms in total. The first kappa shape index (κ1) is 22.2. The van der Waals surface area contributed by atoms with Gasteiger partial charge in [-0.2, -0.15) is 0 Å². The van der Waals surface area contributed by atoms with Crippen LogP contribution < -0.4 is 10.2 Å². The molecule has 3 rings (SSSR count). The molecule has 0 aliphatic carbocycles. The molecular weight excluding hydrogens is 384 g/mol. The number of hydrogen-bond donors (Lipinski definition) is 2. The van der Waals surface area contributed by atoms with Crippen molar-refractivity contribution in [2.45, 2.75) is 45.3 Å². The molecule has 2 aliphatic rings. The summed E-state index contributed by atoms with van der Waals surface area (Å²) in [5, 5.41) is 12.7. The Labute approximate surface area is 178 Å². The minimum Gasteiger partial charge on any atom is -0.465 e. The maximum Gasteiger partial charge on any atom is 0.407 e. The average Bonchev–Trinajstić information content (AvgIpc) is 2.67. The Kier molecular flexibility index (Phi) is 6.75. The molecule has 1 amide bonds. The van der Waals surface area contributed by atoms with Crippen molar-refractivity contribution >= 4 is 23.4 Å². The van der Waals surface area contributed by atoms with Crippen molar-refractivity contribution in [3.8, 4) is 0 Å². The van der Waals surface area contributed by atoms with E-state index in [-0.39, 0.29) is 12.0 Å². The van der Waals surface area contributed by atoms with Crippen molar-refractivity contribution in [2.75, 3.05) is 56.5 Å². The summed E-state index contributed by atoms with van der Waals surface area (Å²) in [6, 6.07) is 5.98. The van der Waals surface area contributed by atoms with E-state index in [0.717, 1.165) is 37.6 Å². The number of carboxylic acid groups (broad SMARTS) is 1. The van der Waals surface area contributed by atoms with Gasteiger partial charge in [-0.25, -0.2) is 9.59 Å². The van der Waals surface area contributed by atoms with Crippen LogP contribution in [0.15, 0.2) is 18.2 Å². The van der Waals surface area contributed by atoms with E-state index in [4.69, 9.17) is 4.74 Å². The van der Waals surface area contributed by atoms with E-state index < -0.39 is 11.7 Å². The van der Waals surface area contributed by atoms with Crippen LogP contribution in [0.25, 0.3) is 0 Å². The summed E-state index contributed by atoms with van der Waals surface area (Å²) in [4.78, 5) is 30.1. The van der Waals surface area contributed by atoms with Gasteiger partial charge in [0.25, 0.3) is 0 Å². The molecule has 2 saturated heterocycles. The Balaban J connectivity index is 1.80. The summed E-state index contributed by atoms with van der Waals surface area (Å²) in [5.74, 6) is -0.349. The van der Waals surface area contributed by atoms with Crippen LogP contribution in [0.3, 0.4) is 0 Å². The quantitative estimate of drug-likeness (QED) is 0.727. The van der Waals surface area contributed by atoms with Crippen LogP contribution in [-0.4, -0.2) is 84.9 Å². The first-order valence-corrected chi connectivity index (χ1v) is 10.7. The number of rotatable bonds is 4. The Morgan fingerprint density at radius 2 is 1.70 bits per heavy atom. The molecule has 0 saturated carbocycles. The number of hydrogen-bond acceptors (Lipinski definition) is 6. The molecule has 0 unspecified atom stereocenters. The summed E-state index contributed by atoms with van der Waals surface area (Å²) < 4.78 is 5.62. The van der Waals surface area contributed by atoms with Crippen LogP contribution in [0.5, 0.6) is 0 Å². The maximum absolute atomic E-state index is 12.8. The number of likely N-dealkylation sites (N-methyl/N-ethyl adjacent to an activating group) is 1. The van der Waals surface area contributed by atoms with Gasteiger partial charge in [0.15, 0.2) is 0 Å². The zero-order valence-corrected chi connectivity index (χ0v) is 18.5. The number of esters is 1. The summed E-state index contributed by atoms with van der Waals surface area (Å²) >= 11 is 0. The van der Waals surface area contributed by atoms with Gasteiger partial charge in [-0.1, -0.05) is 0 Å². The molecule has 1 aromatic rings. The average molecular weight is 419 g/mol. The van der Waals surface area contributed by atoms with Crippen molar-refractivity contribution in [3.05, 3.63) is 23.8 Å². The van der Waals surface area contributed by atoms with Gasteiger partial charge in [-0.05, 0) is 58.9 Å². The van der Waals surface area contributed by atoms with E-state index >= 15 is 0 Å². The van der Waals surface area contributed by atoms with E-state index in [0.29, 0.717) is 31.5 Å². The van der Waals surface area contributed by atoms with Gasteiger partial charge in [-0.3, -0.25) is 0 Å². The highest BCUT2D eigenvalue weighted by Gasteiger charge is 2.26. The fraction of sp³-hybridized carbons (Fsp3) is 0.636. The second-order valence-corrected chi connectivity index (χ2v) is 9.21. The molecular formula is C22H34N4O4. The van der Waals surface area contributed by atoms with Gasteiger partial charge in [0, 0.05) is 51.0 Å². The van der Waals surface area contributed by atoms with Crippen molar-refractivity contribution in [1.82, 2.24) is 9.80 Å². The minimum atomic E-state index is -0.875. The predicted octanol–water partition coefficient (Wildman–Crippen LogP) is 2.95. The van der Waals surface area contributed by atoms with Gasteiger partial charge in [0.1, 0.15) is 5.60 Å². The molecule has 2 aliphatic heterocycles. The molecule has 0 bridgehead atoms. The van der Waals surface area contributed by atoms with Gasteiger partial charge in [0.05, 0.1) is 11.3 Å². The standard InChI is InChI=1S/C22H34N4O4/c1-22(2,3)30-20(27)18-6-5-17(25-13-11-24(4)12-14-25)15-19(18)23-16-7-9-26(10-8-16)21(28)29/h5-6,15-16,23H,7-14H2,1-4H3,(H,28,29). The number of carbonyl (C=O) groups is 2. The second-order valence-electron chi connectivity index (χ2n) is 9.21. The largest absolute Gasteiger partial charge is 0.465 e. The molecule has 0 spiro atoms. The molecule has 30 heavy (non-hydrogen) atoms. The molecule has 166 valence electrons. The van der Waals surface area contributed by atoms with Crippen LogP contribution in [0.2, 0.25) is 0 Å². The number of piperidine rings is 1. The lowest BCUT2D eigenvalue weighted by atomic mass is 10.0. The number of amides is 1. The maximum atomic E-state index is 12.8. The van der Waals surface area contributed by atoms with Crippen molar-refractivity contribution in [3.63, 3.8) is 0 Å². The van der Waals surface area contributed by atoms with Crippen LogP contribution >= 0.6 is 0 Å². The zero-order valence-electron chi connectivity index (χ0n) is 18.5. The third-order valence-electron chi connectivity index (χ3n) is 5.62. The number of anilines is 2. The molecule has 2 fully saturated rings. The number of carbonyl (C=O) groups excluding carboxylic acids is 1. The van der Waals surface area contributed by atoms with Gasteiger partial charge >= 0.3 is 12.1 Å². The van der Waals surface area contributed by atoms with Crippen molar-refractivity contribution in [2.24, 2.45) is 0 Å². The number of nitrogens with one attached hydrogen (secondary N) is 1. The SMILES string of the molecule is CN1CCN(c2ccc(C(=O)OC(C)(C)C)c(NC3CCN(C(=O)O)CC3)c2)CC1. The fourth-order valence-corrected chi connectivity index (χ4v) is 3.86. The fourth-order valence-electron chi connectivity index (χ4n) is 3.86. The Bertz CT molecular complexity index is 761. The molecule has 2 heterocycles. The topological polar surface area (TPSA) is 85.4 Å². The molecule has 0 aromatic heterocycles. The molecule has 8 heteroatoms. The van der Waals surface area contributed by atoms with E-state index in [1.165, 1.54) is 4.90 Å². The second kappa shape index (κ2) is 9.12. The summed E-state index contributed by atoms with van der Waals surface area (Å²) in [5.41, 5.74) is 1.79. The van der Waals surface area contributed by atoms with Crippen LogP contribution in [0, 0.1) is 0 Å². The number of benzene rings is 1. The highest BCUT2D eigenvalue weighted by atomic mass is 16.6. The number of nitrogens with zero attached hydrogens (tertiary/aromatic N) is 3. The number of likely N-dealkylation sites (tertiary alicyclic amines) is 1. The normalized spacial score (nSPS) is 18.9. The summed E-state index contributed by atoms with van der Waals surface area (Å²) in [7, 11) is 2.12. The first-order chi connectivity index (χ1) is 14.1. The smallest absolute Gasteiger partial charge is 0.407 e. The third kappa shape index (κ3) is 5.78. The number of ether oxygens (including phenoxy) is 1. The van der Waals surface area contributed by atoms with Gasteiger partial charge in [0.2, 0.25) is 0 Å². The van der Waals surface area contributed by atoms with Crippen LogP contribution in [0.4, 0.5) is 16.2 Å². The minimum absolute atomic E-state index is 0.115. The van der Waals surface area contributed by atoms with Crippen LogP contribution in [-0.2, 0) is 4.74 Å². The lowest BCUT2D eigenvalue weighted by Gasteiger charge is -2.35. The summed E-state index contributed by atoms with van der Waals surface area (Å²) in [6.07, 6.45) is 0.539. The predicted molar refractivity (Wildman–Crippen MR) is 118 cm³/mol.